The predicted molar refractivity (Wildman–Crippen MR) is 103 cm³/mol. The molecule has 142 valence electrons. The van der Waals surface area contributed by atoms with Crippen LogP contribution in [0.2, 0.25) is 0 Å². The second-order valence-corrected chi connectivity index (χ2v) is 8.04. The van der Waals surface area contributed by atoms with Crippen molar-refractivity contribution in [1.29, 1.82) is 0 Å². The Labute approximate surface area is 161 Å². The molecule has 1 N–H and O–H groups in total. The largest absolute Gasteiger partial charge is 0.308 e. The number of anilines is 2. The first kappa shape index (κ1) is 18.1. The van der Waals surface area contributed by atoms with Crippen LogP contribution in [0.1, 0.15) is 15.9 Å². The lowest BCUT2D eigenvalue weighted by Gasteiger charge is -2.17. The number of fused-ring (bicyclic) bond motifs is 1. The van der Waals surface area contributed by atoms with E-state index in [4.69, 9.17) is 0 Å². The Morgan fingerprint density at radius 1 is 1.07 bits per heavy atom. The summed E-state index contributed by atoms with van der Waals surface area (Å²) in [5.74, 6) is -0.778. The smallest absolute Gasteiger partial charge is 0.261 e. The molecule has 0 radical (unpaired) electrons. The minimum Gasteiger partial charge on any atom is -0.308 e. The van der Waals surface area contributed by atoms with Gasteiger partial charge in [-0.3, -0.25) is 14.5 Å². The molecule has 2 heterocycles. The number of benzene rings is 2. The summed E-state index contributed by atoms with van der Waals surface area (Å²) in [6.45, 7) is 0.559. The average molecular weight is 397 g/mol. The van der Waals surface area contributed by atoms with Gasteiger partial charge >= 0.3 is 0 Å². The molecule has 0 spiro atoms. The van der Waals surface area contributed by atoms with Gasteiger partial charge in [-0.1, -0.05) is 18.2 Å². The van der Waals surface area contributed by atoms with Gasteiger partial charge in [0.05, 0.1) is 22.3 Å². The normalized spacial score (nSPS) is 13.2. The lowest BCUT2D eigenvalue weighted by molar-refractivity contribution is 0.0989. The van der Waals surface area contributed by atoms with E-state index in [9.17, 15) is 17.6 Å². The molecule has 0 aliphatic carbocycles. The fraction of sp³-hybridized carbons (Fsp3) is 0.100. The van der Waals surface area contributed by atoms with Crippen molar-refractivity contribution in [3.05, 3.63) is 83.9 Å². The Kier molecular flexibility index (Phi) is 4.56. The number of nitrogens with zero attached hydrogens (tertiary/aromatic N) is 2. The molecule has 0 unspecified atom stereocenters. The molecule has 6 nitrogen and oxygen atoms in total. The van der Waals surface area contributed by atoms with E-state index in [-0.39, 0.29) is 22.1 Å². The quantitative estimate of drug-likeness (QED) is 0.733. The van der Waals surface area contributed by atoms with E-state index in [1.807, 2.05) is 24.3 Å². The zero-order valence-electron chi connectivity index (χ0n) is 14.7. The van der Waals surface area contributed by atoms with Crippen molar-refractivity contribution < 1.29 is 17.6 Å². The minimum atomic E-state index is -3.92. The number of hydrogen-bond acceptors (Lipinski definition) is 4. The van der Waals surface area contributed by atoms with Gasteiger partial charge in [0.1, 0.15) is 5.82 Å². The Balaban J connectivity index is 1.58. The summed E-state index contributed by atoms with van der Waals surface area (Å²) in [5, 5.41) is 0. The van der Waals surface area contributed by atoms with Crippen molar-refractivity contribution in [2.24, 2.45) is 0 Å². The van der Waals surface area contributed by atoms with Gasteiger partial charge in [-0.2, -0.15) is 0 Å². The van der Waals surface area contributed by atoms with Gasteiger partial charge in [0.2, 0.25) is 0 Å². The summed E-state index contributed by atoms with van der Waals surface area (Å²) in [7, 11) is -3.92. The second kappa shape index (κ2) is 7.05. The fourth-order valence-corrected chi connectivity index (χ4v) is 4.18. The average Bonchev–Trinajstić information content (AvgIpc) is 3.12. The first-order valence-electron chi connectivity index (χ1n) is 8.57. The summed E-state index contributed by atoms with van der Waals surface area (Å²) >= 11 is 0. The van der Waals surface area contributed by atoms with Crippen LogP contribution in [0.5, 0.6) is 0 Å². The highest BCUT2D eigenvalue weighted by molar-refractivity contribution is 7.92. The lowest BCUT2D eigenvalue weighted by atomic mass is 10.2. The van der Waals surface area contributed by atoms with Gasteiger partial charge in [-0.25, -0.2) is 12.8 Å². The minimum absolute atomic E-state index is 0.0842. The van der Waals surface area contributed by atoms with Crippen LogP contribution in [0, 0.1) is 5.82 Å². The summed E-state index contributed by atoms with van der Waals surface area (Å²) in [5.41, 5.74) is 2.38. The number of carbonyl (C=O) groups excluding carboxylic acids is 1. The van der Waals surface area contributed by atoms with E-state index in [0.717, 1.165) is 29.8 Å². The number of pyridine rings is 1. The van der Waals surface area contributed by atoms with Crippen LogP contribution in [0.15, 0.2) is 71.9 Å². The van der Waals surface area contributed by atoms with Crippen LogP contribution in [0.25, 0.3) is 0 Å². The molecular formula is C20H16FN3O3S. The Morgan fingerprint density at radius 2 is 1.82 bits per heavy atom. The van der Waals surface area contributed by atoms with Crippen LogP contribution in [-0.2, 0) is 16.4 Å². The van der Waals surface area contributed by atoms with Crippen molar-refractivity contribution in [1.82, 2.24) is 4.98 Å². The van der Waals surface area contributed by atoms with E-state index < -0.39 is 15.8 Å². The van der Waals surface area contributed by atoms with Crippen LogP contribution in [0.4, 0.5) is 15.8 Å². The summed E-state index contributed by atoms with van der Waals surface area (Å²) in [6.07, 6.45) is 3.49. The number of halogens is 1. The molecule has 1 aromatic heterocycles. The number of sulfonamides is 1. The third kappa shape index (κ3) is 3.46. The van der Waals surface area contributed by atoms with E-state index in [1.54, 1.807) is 4.90 Å². The van der Waals surface area contributed by atoms with E-state index in [1.165, 1.54) is 30.6 Å². The zero-order valence-corrected chi connectivity index (χ0v) is 15.5. The van der Waals surface area contributed by atoms with Gasteiger partial charge in [-0.05, 0) is 48.4 Å². The molecular weight excluding hydrogens is 381 g/mol. The molecule has 2 aromatic carbocycles. The van der Waals surface area contributed by atoms with Crippen molar-refractivity contribution in [2.45, 2.75) is 11.3 Å². The topological polar surface area (TPSA) is 79.4 Å². The lowest BCUT2D eigenvalue weighted by Crippen LogP contribution is -2.29. The molecule has 0 atom stereocenters. The van der Waals surface area contributed by atoms with Crippen LogP contribution < -0.4 is 9.62 Å². The van der Waals surface area contributed by atoms with E-state index in [0.29, 0.717) is 6.54 Å². The van der Waals surface area contributed by atoms with Crippen molar-refractivity contribution in [2.75, 3.05) is 16.2 Å². The molecule has 1 aliphatic heterocycles. The second-order valence-electron chi connectivity index (χ2n) is 6.36. The van der Waals surface area contributed by atoms with Gasteiger partial charge in [0.15, 0.2) is 0 Å². The van der Waals surface area contributed by atoms with E-state index in [2.05, 4.69) is 9.71 Å². The Morgan fingerprint density at radius 3 is 2.61 bits per heavy atom. The predicted octanol–water partition coefficient (Wildman–Crippen LogP) is 3.22. The highest BCUT2D eigenvalue weighted by atomic mass is 32.2. The highest BCUT2D eigenvalue weighted by Gasteiger charge is 2.25. The monoisotopic (exact) mass is 397 g/mol. The summed E-state index contributed by atoms with van der Waals surface area (Å²) in [4.78, 5) is 18.5. The zero-order chi connectivity index (χ0) is 19.7. The Hall–Kier alpha value is -3.26. The molecule has 1 aliphatic rings. The van der Waals surface area contributed by atoms with Crippen LogP contribution in [-0.4, -0.2) is 25.9 Å². The van der Waals surface area contributed by atoms with Crippen LogP contribution in [0.3, 0.4) is 0 Å². The molecule has 8 heteroatoms. The highest BCUT2D eigenvalue weighted by Crippen LogP contribution is 2.29. The summed E-state index contributed by atoms with van der Waals surface area (Å²) in [6, 6.07) is 13.6. The first-order chi connectivity index (χ1) is 13.4. The maximum absolute atomic E-state index is 13.0. The standard InChI is InChI=1S/C20H16FN3O3S/c21-16-5-7-18(8-6-16)28(26,27)23-17-11-15(12-22-13-17)20(25)24-10-9-14-3-1-2-4-19(14)24/h1-8,11-13,23H,9-10H2. The molecule has 4 rings (SSSR count). The number of para-hydroxylation sites is 1. The van der Waals surface area contributed by atoms with Gasteiger partial charge in [0, 0.05) is 18.4 Å². The van der Waals surface area contributed by atoms with Crippen molar-refractivity contribution in [3.8, 4) is 0 Å². The number of hydrogen-bond donors (Lipinski definition) is 1. The van der Waals surface area contributed by atoms with E-state index >= 15 is 0 Å². The molecule has 1 amide bonds. The van der Waals surface area contributed by atoms with Crippen LogP contribution >= 0.6 is 0 Å². The molecule has 0 saturated carbocycles. The maximum atomic E-state index is 13.0. The van der Waals surface area contributed by atoms with Crippen molar-refractivity contribution >= 4 is 27.3 Å². The maximum Gasteiger partial charge on any atom is 0.261 e. The number of nitrogens with one attached hydrogen (secondary N) is 1. The fourth-order valence-electron chi connectivity index (χ4n) is 3.15. The van der Waals surface area contributed by atoms with Gasteiger partial charge < -0.3 is 4.90 Å². The number of rotatable bonds is 4. The molecule has 0 bridgehead atoms. The molecule has 0 fully saturated rings. The summed E-state index contributed by atoms with van der Waals surface area (Å²) < 4.78 is 40.3. The molecule has 3 aromatic rings. The Bertz CT molecular complexity index is 1150. The SMILES string of the molecule is O=C(c1cncc(NS(=O)(=O)c2ccc(F)cc2)c1)N1CCc2ccccc21. The first-order valence-corrected chi connectivity index (χ1v) is 10.1. The van der Waals surface area contributed by atoms with Gasteiger partial charge in [0.25, 0.3) is 15.9 Å². The number of amides is 1. The third-order valence-corrected chi connectivity index (χ3v) is 5.89. The third-order valence-electron chi connectivity index (χ3n) is 4.49. The number of carbonyl (C=O) groups is 1. The molecule has 28 heavy (non-hydrogen) atoms. The molecule has 0 saturated heterocycles. The number of aromatic nitrogens is 1. The van der Waals surface area contributed by atoms with Gasteiger partial charge in [-0.15, -0.1) is 0 Å². The van der Waals surface area contributed by atoms with Crippen molar-refractivity contribution in [3.63, 3.8) is 0 Å².